The Bertz CT molecular complexity index is 508. The number of nitrogens with zero attached hydrogens (tertiary/aromatic N) is 1. The SMILES string of the molecule is CN(C)CCCCCC1=C[C@H]2C[C@@H](O)[C@H](/C=C/C=C3CCCC3)[C@H]2C1. The van der Waals surface area contributed by atoms with Gasteiger partial charge in [0.15, 0.2) is 0 Å². The lowest BCUT2D eigenvalue weighted by Gasteiger charge is -2.18. The molecule has 0 aromatic heterocycles. The Morgan fingerprint density at radius 1 is 1.16 bits per heavy atom. The number of aliphatic hydroxyl groups excluding tert-OH is 1. The fourth-order valence-corrected chi connectivity index (χ4v) is 5.06. The van der Waals surface area contributed by atoms with Crippen molar-refractivity contribution in [3.05, 3.63) is 35.5 Å². The summed E-state index contributed by atoms with van der Waals surface area (Å²) in [6, 6.07) is 0. The van der Waals surface area contributed by atoms with Crippen molar-refractivity contribution in [3.63, 3.8) is 0 Å². The Labute approximate surface area is 154 Å². The summed E-state index contributed by atoms with van der Waals surface area (Å²) in [5.41, 5.74) is 3.27. The average molecular weight is 344 g/mol. The molecule has 0 saturated heterocycles. The molecule has 2 heteroatoms. The normalized spacial score (nSPS) is 32.0. The van der Waals surface area contributed by atoms with Crippen LogP contribution in [-0.4, -0.2) is 36.8 Å². The number of hydrogen-bond acceptors (Lipinski definition) is 2. The lowest BCUT2D eigenvalue weighted by atomic mass is 9.88. The predicted molar refractivity (Wildman–Crippen MR) is 107 cm³/mol. The molecule has 0 heterocycles. The summed E-state index contributed by atoms with van der Waals surface area (Å²) in [6.45, 7) is 1.21. The highest BCUT2D eigenvalue weighted by molar-refractivity contribution is 5.23. The maximum atomic E-state index is 10.5. The summed E-state index contributed by atoms with van der Waals surface area (Å²) < 4.78 is 0. The van der Waals surface area contributed by atoms with Crippen molar-refractivity contribution in [1.82, 2.24) is 4.90 Å². The second-order valence-corrected chi connectivity index (χ2v) is 8.77. The summed E-state index contributed by atoms with van der Waals surface area (Å²) >= 11 is 0. The lowest BCUT2D eigenvalue weighted by molar-refractivity contribution is 0.141. The first kappa shape index (κ1) is 18.9. The van der Waals surface area contributed by atoms with Gasteiger partial charge >= 0.3 is 0 Å². The van der Waals surface area contributed by atoms with Crippen LogP contribution in [0.25, 0.3) is 0 Å². The van der Waals surface area contributed by atoms with Crippen molar-refractivity contribution < 1.29 is 5.11 Å². The van der Waals surface area contributed by atoms with Crippen LogP contribution in [-0.2, 0) is 0 Å². The molecule has 0 spiro atoms. The minimum atomic E-state index is -0.133. The molecule has 3 aliphatic carbocycles. The van der Waals surface area contributed by atoms with E-state index in [1.54, 1.807) is 11.1 Å². The van der Waals surface area contributed by atoms with Crippen LogP contribution in [0.4, 0.5) is 0 Å². The molecule has 0 radical (unpaired) electrons. The third-order valence-electron chi connectivity index (χ3n) is 6.46. The number of aliphatic hydroxyl groups is 1. The molecular formula is C23H37NO. The molecule has 0 aromatic carbocycles. The van der Waals surface area contributed by atoms with E-state index in [1.165, 1.54) is 64.3 Å². The molecule has 4 atom stereocenters. The number of rotatable bonds is 8. The minimum absolute atomic E-state index is 0.133. The van der Waals surface area contributed by atoms with E-state index in [-0.39, 0.29) is 6.10 Å². The Kier molecular flexibility index (Phi) is 6.95. The molecule has 25 heavy (non-hydrogen) atoms. The van der Waals surface area contributed by atoms with E-state index in [9.17, 15) is 5.11 Å². The zero-order valence-corrected chi connectivity index (χ0v) is 16.3. The molecule has 1 N–H and O–H groups in total. The second kappa shape index (κ2) is 9.19. The van der Waals surface area contributed by atoms with Crippen molar-refractivity contribution in [1.29, 1.82) is 0 Å². The quantitative estimate of drug-likeness (QED) is 0.489. The number of hydrogen-bond donors (Lipinski definition) is 1. The summed E-state index contributed by atoms with van der Waals surface area (Å²) in [5.74, 6) is 1.65. The Balaban J connectivity index is 1.45. The molecule has 0 aromatic rings. The van der Waals surface area contributed by atoms with E-state index in [0.29, 0.717) is 17.8 Å². The number of unbranched alkanes of at least 4 members (excludes halogenated alkanes) is 2. The first-order chi connectivity index (χ1) is 12.1. The van der Waals surface area contributed by atoms with Gasteiger partial charge in [0, 0.05) is 5.92 Å². The lowest BCUT2D eigenvalue weighted by Crippen LogP contribution is -2.16. The third kappa shape index (κ3) is 5.31. The van der Waals surface area contributed by atoms with Gasteiger partial charge in [0.1, 0.15) is 0 Å². The van der Waals surface area contributed by atoms with E-state index in [0.717, 1.165) is 6.42 Å². The maximum Gasteiger partial charge on any atom is 0.0611 e. The molecule has 3 rings (SSSR count). The monoisotopic (exact) mass is 343 g/mol. The van der Waals surface area contributed by atoms with Gasteiger partial charge in [0.2, 0.25) is 0 Å². The number of allylic oxidation sites excluding steroid dienone is 5. The fraction of sp³-hybridized carbons (Fsp3) is 0.739. The van der Waals surface area contributed by atoms with Gasteiger partial charge in [-0.2, -0.15) is 0 Å². The van der Waals surface area contributed by atoms with Crippen LogP contribution in [0.2, 0.25) is 0 Å². The van der Waals surface area contributed by atoms with Crippen LogP contribution < -0.4 is 0 Å². The molecular weight excluding hydrogens is 306 g/mol. The summed E-state index contributed by atoms with van der Waals surface area (Å²) in [5, 5.41) is 10.5. The van der Waals surface area contributed by atoms with Crippen molar-refractivity contribution in [2.45, 2.75) is 70.3 Å². The van der Waals surface area contributed by atoms with E-state index in [2.05, 4.69) is 43.3 Å². The topological polar surface area (TPSA) is 23.5 Å². The average Bonchev–Trinajstić information content (AvgIpc) is 3.26. The van der Waals surface area contributed by atoms with Crippen molar-refractivity contribution in [2.24, 2.45) is 17.8 Å². The van der Waals surface area contributed by atoms with Gasteiger partial charge in [-0.05, 0) is 90.3 Å². The zero-order valence-electron chi connectivity index (χ0n) is 16.3. The highest BCUT2D eigenvalue weighted by atomic mass is 16.3. The van der Waals surface area contributed by atoms with Gasteiger partial charge < -0.3 is 10.0 Å². The van der Waals surface area contributed by atoms with Crippen molar-refractivity contribution in [3.8, 4) is 0 Å². The van der Waals surface area contributed by atoms with Crippen LogP contribution in [0, 0.1) is 17.8 Å². The van der Waals surface area contributed by atoms with Gasteiger partial charge in [-0.15, -0.1) is 0 Å². The molecule has 0 amide bonds. The van der Waals surface area contributed by atoms with Crippen molar-refractivity contribution in [2.75, 3.05) is 20.6 Å². The van der Waals surface area contributed by atoms with E-state index < -0.39 is 0 Å². The van der Waals surface area contributed by atoms with E-state index in [4.69, 9.17) is 0 Å². The molecule has 0 aliphatic heterocycles. The standard InChI is InChI=1S/C23H37NO/c1-24(2)14-7-3-4-11-19-15-20-17-23(25)21(22(20)16-19)13-8-12-18-9-5-6-10-18/h8,12-13,15,20-23,25H,3-7,9-11,14,16-17H2,1-2H3/b13-8+/t20-,21+,22-,23+/m0/s1. The first-order valence-corrected chi connectivity index (χ1v) is 10.5. The second-order valence-electron chi connectivity index (χ2n) is 8.77. The molecule has 2 nitrogen and oxygen atoms in total. The first-order valence-electron chi connectivity index (χ1n) is 10.5. The molecule has 2 fully saturated rings. The highest BCUT2D eigenvalue weighted by Gasteiger charge is 2.42. The van der Waals surface area contributed by atoms with Crippen LogP contribution >= 0.6 is 0 Å². The van der Waals surface area contributed by atoms with Gasteiger partial charge in [0.25, 0.3) is 0 Å². The van der Waals surface area contributed by atoms with Gasteiger partial charge in [-0.25, -0.2) is 0 Å². The Morgan fingerprint density at radius 2 is 1.96 bits per heavy atom. The van der Waals surface area contributed by atoms with Gasteiger partial charge in [-0.3, -0.25) is 0 Å². The smallest absolute Gasteiger partial charge is 0.0611 e. The Hall–Kier alpha value is -0.860. The Morgan fingerprint density at radius 3 is 2.72 bits per heavy atom. The van der Waals surface area contributed by atoms with Crippen LogP contribution in [0.15, 0.2) is 35.5 Å². The summed E-state index contributed by atoms with van der Waals surface area (Å²) in [6.07, 6.45) is 22.0. The van der Waals surface area contributed by atoms with Crippen LogP contribution in [0.5, 0.6) is 0 Å². The van der Waals surface area contributed by atoms with E-state index >= 15 is 0 Å². The minimum Gasteiger partial charge on any atom is -0.392 e. The molecule has 2 saturated carbocycles. The highest BCUT2D eigenvalue weighted by Crippen LogP contribution is 2.48. The molecule has 0 unspecified atom stereocenters. The van der Waals surface area contributed by atoms with Crippen LogP contribution in [0.1, 0.15) is 64.2 Å². The molecule has 140 valence electrons. The zero-order chi connectivity index (χ0) is 17.6. The van der Waals surface area contributed by atoms with Crippen molar-refractivity contribution >= 4 is 0 Å². The van der Waals surface area contributed by atoms with Crippen LogP contribution in [0.3, 0.4) is 0 Å². The molecule has 3 aliphatic rings. The predicted octanol–water partition coefficient (Wildman–Crippen LogP) is 5.11. The summed E-state index contributed by atoms with van der Waals surface area (Å²) in [4.78, 5) is 2.28. The third-order valence-corrected chi connectivity index (χ3v) is 6.46. The van der Waals surface area contributed by atoms with Gasteiger partial charge in [-0.1, -0.05) is 41.9 Å². The summed E-state index contributed by atoms with van der Waals surface area (Å²) in [7, 11) is 4.31. The largest absolute Gasteiger partial charge is 0.392 e. The van der Waals surface area contributed by atoms with Gasteiger partial charge in [0.05, 0.1) is 6.10 Å². The molecule has 0 bridgehead atoms. The fourth-order valence-electron chi connectivity index (χ4n) is 5.06. The maximum absolute atomic E-state index is 10.5. The number of fused-ring (bicyclic) bond motifs is 1. The van der Waals surface area contributed by atoms with E-state index in [1.807, 2.05) is 0 Å².